The molecule has 32 heavy (non-hydrogen) atoms. The van der Waals surface area contributed by atoms with Gasteiger partial charge < -0.3 is 4.98 Å². The number of benzene rings is 2. The highest BCUT2D eigenvalue weighted by atomic mass is 32.2. The average Bonchev–Trinajstić information content (AvgIpc) is 3.23. The number of aryl methyl sites for hydroxylation is 1. The lowest BCUT2D eigenvalue weighted by atomic mass is 9.81. The summed E-state index contributed by atoms with van der Waals surface area (Å²) in [4.78, 5) is 44.2. The zero-order valence-corrected chi connectivity index (χ0v) is 20.0. The highest BCUT2D eigenvalue weighted by molar-refractivity contribution is 8.00. The highest BCUT2D eigenvalue weighted by Gasteiger charge is 2.56. The number of amides is 2. The minimum atomic E-state index is -0.561. The lowest BCUT2D eigenvalue weighted by Crippen LogP contribution is -2.32. The van der Waals surface area contributed by atoms with E-state index >= 15 is 0 Å². The van der Waals surface area contributed by atoms with Gasteiger partial charge in [-0.1, -0.05) is 85.8 Å². The molecule has 164 valence electrons. The number of hydrogen-bond acceptors (Lipinski definition) is 5. The van der Waals surface area contributed by atoms with Gasteiger partial charge in [-0.15, -0.1) is 0 Å². The Labute approximate surface area is 194 Å². The van der Waals surface area contributed by atoms with Crippen LogP contribution in [0.25, 0.3) is 0 Å². The van der Waals surface area contributed by atoms with Crippen molar-refractivity contribution in [1.29, 1.82) is 0 Å². The third kappa shape index (κ3) is 3.35. The summed E-state index contributed by atoms with van der Waals surface area (Å²) in [6.07, 6.45) is 0. The fraction of sp³-hybridized carbons (Fsp3) is 0.320. The standard InChI is InChI=1S/C25H24N2O3S2/c1-13-5-11-16(12-6-13)27-22(28)18-17(14-7-9-15(10-8-14)25(2,3)4)19-21(26-24(30)32-19)31-20(18)23(27)29/h5-12,17-18,20H,1-4H3,(H,26,30). The molecule has 0 spiro atoms. The quantitative estimate of drug-likeness (QED) is 0.551. The Kier molecular flexibility index (Phi) is 4.94. The zero-order chi connectivity index (χ0) is 22.8. The van der Waals surface area contributed by atoms with E-state index in [0.717, 1.165) is 27.3 Å². The summed E-state index contributed by atoms with van der Waals surface area (Å²) >= 11 is 2.45. The van der Waals surface area contributed by atoms with Gasteiger partial charge in [0.15, 0.2) is 0 Å². The maximum absolute atomic E-state index is 13.7. The predicted octanol–water partition coefficient (Wildman–Crippen LogP) is 4.84. The Balaban J connectivity index is 1.61. The number of rotatable bonds is 2. The number of carbonyl (C=O) groups excluding carboxylic acids is 2. The number of imide groups is 1. The molecule has 1 N–H and O–H groups in total. The van der Waals surface area contributed by atoms with E-state index in [1.807, 2.05) is 43.3 Å². The molecule has 5 rings (SSSR count). The van der Waals surface area contributed by atoms with Crippen molar-refractivity contribution in [2.24, 2.45) is 5.92 Å². The van der Waals surface area contributed by atoms with Crippen LogP contribution in [0, 0.1) is 12.8 Å². The summed E-state index contributed by atoms with van der Waals surface area (Å²) < 4.78 is 0. The van der Waals surface area contributed by atoms with E-state index in [1.165, 1.54) is 22.2 Å². The van der Waals surface area contributed by atoms with E-state index in [1.54, 1.807) is 0 Å². The van der Waals surface area contributed by atoms with Crippen molar-refractivity contribution < 1.29 is 9.59 Å². The van der Waals surface area contributed by atoms with E-state index in [-0.39, 0.29) is 28.0 Å². The maximum Gasteiger partial charge on any atom is 0.305 e. The molecule has 3 unspecified atom stereocenters. The Bertz CT molecular complexity index is 1270. The van der Waals surface area contributed by atoms with Gasteiger partial charge in [0.05, 0.1) is 16.6 Å². The van der Waals surface area contributed by atoms with Crippen LogP contribution in [0.15, 0.2) is 58.4 Å². The number of nitrogens with one attached hydrogen (secondary N) is 1. The van der Waals surface area contributed by atoms with E-state index in [2.05, 4.69) is 37.9 Å². The minimum absolute atomic E-state index is 0.00885. The van der Waals surface area contributed by atoms with Crippen LogP contribution in [0.5, 0.6) is 0 Å². The Morgan fingerprint density at radius 2 is 1.56 bits per heavy atom. The second-order valence-corrected chi connectivity index (χ2v) is 11.6. The fourth-order valence-electron chi connectivity index (χ4n) is 4.51. The number of anilines is 1. The van der Waals surface area contributed by atoms with Crippen LogP contribution in [-0.4, -0.2) is 22.0 Å². The molecule has 3 atom stereocenters. The predicted molar refractivity (Wildman–Crippen MR) is 129 cm³/mol. The van der Waals surface area contributed by atoms with Gasteiger partial charge in [-0.2, -0.15) is 0 Å². The molecule has 0 bridgehead atoms. The van der Waals surface area contributed by atoms with E-state index in [4.69, 9.17) is 0 Å². The number of carbonyl (C=O) groups is 2. The van der Waals surface area contributed by atoms with Crippen molar-refractivity contribution >= 4 is 40.6 Å². The molecule has 5 nitrogen and oxygen atoms in total. The summed E-state index contributed by atoms with van der Waals surface area (Å²) in [7, 11) is 0. The van der Waals surface area contributed by atoms with Gasteiger partial charge in [0.25, 0.3) is 0 Å². The molecular weight excluding hydrogens is 440 g/mol. The van der Waals surface area contributed by atoms with Crippen molar-refractivity contribution in [3.63, 3.8) is 0 Å². The Hall–Kier alpha value is -2.64. The van der Waals surface area contributed by atoms with Crippen molar-refractivity contribution in [3.05, 3.63) is 79.8 Å². The molecule has 2 aromatic carbocycles. The van der Waals surface area contributed by atoms with Crippen LogP contribution in [0.2, 0.25) is 0 Å². The molecule has 1 aromatic heterocycles. The second kappa shape index (κ2) is 7.46. The van der Waals surface area contributed by atoms with E-state index < -0.39 is 11.2 Å². The van der Waals surface area contributed by atoms with Crippen LogP contribution < -0.4 is 9.77 Å². The lowest BCUT2D eigenvalue weighted by Gasteiger charge is -2.30. The third-order valence-electron chi connectivity index (χ3n) is 6.25. The number of aromatic amines is 1. The summed E-state index contributed by atoms with van der Waals surface area (Å²) in [6, 6.07) is 15.7. The van der Waals surface area contributed by atoms with Crippen LogP contribution in [0.4, 0.5) is 5.69 Å². The normalized spacial score (nSPS) is 22.8. The number of fused-ring (bicyclic) bond motifs is 2. The monoisotopic (exact) mass is 464 g/mol. The van der Waals surface area contributed by atoms with Crippen LogP contribution in [0.3, 0.4) is 0 Å². The molecule has 1 fully saturated rings. The smallest absolute Gasteiger partial charge is 0.305 e. The molecular formula is C25H24N2O3S2. The van der Waals surface area contributed by atoms with Gasteiger partial charge in [0.1, 0.15) is 5.25 Å². The fourth-order valence-corrected chi connectivity index (χ4v) is 7.03. The summed E-state index contributed by atoms with van der Waals surface area (Å²) in [5.74, 6) is -1.30. The van der Waals surface area contributed by atoms with Gasteiger partial charge >= 0.3 is 4.87 Å². The van der Waals surface area contributed by atoms with Gasteiger partial charge in [0.2, 0.25) is 11.8 Å². The van der Waals surface area contributed by atoms with Gasteiger partial charge in [0, 0.05) is 10.8 Å². The van der Waals surface area contributed by atoms with Gasteiger partial charge in [-0.25, -0.2) is 4.90 Å². The van der Waals surface area contributed by atoms with Crippen LogP contribution in [0.1, 0.15) is 48.3 Å². The van der Waals surface area contributed by atoms with Crippen LogP contribution in [-0.2, 0) is 15.0 Å². The highest BCUT2D eigenvalue weighted by Crippen LogP contribution is 2.53. The van der Waals surface area contributed by atoms with Crippen molar-refractivity contribution in [1.82, 2.24) is 4.98 Å². The van der Waals surface area contributed by atoms with Crippen molar-refractivity contribution in [2.75, 3.05) is 4.90 Å². The topological polar surface area (TPSA) is 70.2 Å². The first-order chi connectivity index (χ1) is 15.1. The summed E-state index contributed by atoms with van der Waals surface area (Å²) in [6.45, 7) is 8.44. The molecule has 7 heteroatoms. The number of hydrogen-bond donors (Lipinski definition) is 1. The number of thiazole rings is 1. The molecule has 2 amide bonds. The van der Waals surface area contributed by atoms with Crippen molar-refractivity contribution in [2.45, 2.75) is 49.3 Å². The van der Waals surface area contributed by atoms with Crippen LogP contribution >= 0.6 is 23.1 Å². The molecule has 2 aliphatic rings. The first-order valence-corrected chi connectivity index (χ1v) is 12.3. The summed E-state index contributed by atoms with van der Waals surface area (Å²) in [5, 5.41) is 0.145. The number of aromatic nitrogens is 1. The SMILES string of the molecule is Cc1ccc(N2C(=O)C3Sc4[nH]c(=O)sc4C(c4ccc(C(C)(C)C)cc4)C3C2=O)cc1. The van der Waals surface area contributed by atoms with Crippen molar-refractivity contribution in [3.8, 4) is 0 Å². The van der Waals surface area contributed by atoms with Gasteiger partial charge in [-0.3, -0.25) is 14.4 Å². The average molecular weight is 465 g/mol. The maximum atomic E-state index is 13.7. The number of H-pyrrole nitrogens is 1. The van der Waals surface area contributed by atoms with E-state index in [0.29, 0.717) is 10.7 Å². The second-order valence-electron chi connectivity index (χ2n) is 9.47. The zero-order valence-electron chi connectivity index (χ0n) is 18.3. The molecule has 3 aromatic rings. The molecule has 3 heterocycles. The van der Waals surface area contributed by atoms with Gasteiger partial charge in [-0.05, 0) is 35.6 Å². The lowest BCUT2D eigenvalue weighted by molar-refractivity contribution is -0.122. The first-order valence-electron chi connectivity index (χ1n) is 10.6. The molecule has 0 saturated carbocycles. The number of thioether (sulfide) groups is 1. The molecule has 1 saturated heterocycles. The molecule has 0 radical (unpaired) electrons. The summed E-state index contributed by atoms with van der Waals surface area (Å²) in [5.41, 5.74) is 3.82. The first kappa shape index (κ1) is 21.2. The molecule has 2 aliphatic heterocycles. The minimum Gasteiger partial charge on any atom is -0.307 e. The Morgan fingerprint density at radius 3 is 2.19 bits per heavy atom. The molecule has 0 aliphatic carbocycles. The van der Waals surface area contributed by atoms with E-state index in [9.17, 15) is 14.4 Å². The third-order valence-corrected chi connectivity index (χ3v) is 8.65. The number of nitrogens with zero attached hydrogens (tertiary/aromatic N) is 1. The largest absolute Gasteiger partial charge is 0.307 e. The Morgan fingerprint density at radius 1 is 0.906 bits per heavy atom.